The van der Waals surface area contributed by atoms with E-state index in [2.05, 4.69) is 25.9 Å². The summed E-state index contributed by atoms with van der Waals surface area (Å²) in [4.78, 5) is 57.6. The van der Waals surface area contributed by atoms with Gasteiger partial charge in [0.1, 0.15) is 23.9 Å². The van der Waals surface area contributed by atoms with Crippen molar-refractivity contribution in [3.05, 3.63) is 48.0 Å². The van der Waals surface area contributed by atoms with Crippen LogP contribution in [0.25, 0.3) is 0 Å². The molecule has 12 nitrogen and oxygen atoms in total. The van der Waals surface area contributed by atoms with Crippen molar-refractivity contribution in [3.63, 3.8) is 0 Å². The van der Waals surface area contributed by atoms with Gasteiger partial charge >= 0.3 is 5.97 Å². The van der Waals surface area contributed by atoms with Crippen LogP contribution < -0.4 is 21.7 Å². The number of phenols is 1. The maximum atomic E-state index is 13.4. The van der Waals surface area contributed by atoms with Crippen LogP contribution in [-0.2, 0) is 32.0 Å². The van der Waals surface area contributed by atoms with Gasteiger partial charge in [0, 0.05) is 24.7 Å². The van der Waals surface area contributed by atoms with Gasteiger partial charge in [-0.3, -0.25) is 14.4 Å². The lowest BCUT2D eigenvalue weighted by Crippen LogP contribution is -2.59. The molecule has 1 aromatic heterocycles. The number of aromatic nitrogens is 2. The van der Waals surface area contributed by atoms with Crippen molar-refractivity contribution >= 4 is 35.5 Å². The van der Waals surface area contributed by atoms with Gasteiger partial charge in [-0.05, 0) is 42.0 Å². The molecule has 2 rings (SSSR count). The first-order valence-corrected chi connectivity index (χ1v) is 13.5. The molecule has 208 valence electrons. The Hall–Kier alpha value is -3.58. The Labute approximate surface area is 225 Å². The number of benzene rings is 1. The second kappa shape index (κ2) is 15.0. The van der Waals surface area contributed by atoms with Crippen molar-refractivity contribution in [3.8, 4) is 5.75 Å². The highest BCUT2D eigenvalue weighted by Crippen LogP contribution is 2.13. The van der Waals surface area contributed by atoms with Crippen molar-refractivity contribution in [1.82, 2.24) is 25.9 Å². The molecule has 0 radical (unpaired) electrons. The summed E-state index contributed by atoms with van der Waals surface area (Å²) in [6.07, 6.45) is 5.24. The van der Waals surface area contributed by atoms with Gasteiger partial charge in [0.05, 0.1) is 12.4 Å². The highest BCUT2D eigenvalue weighted by molar-refractivity contribution is 7.98. The first-order chi connectivity index (χ1) is 18.0. The second-order valence-electron chi connectivity index (χ2n) is 9.23. The number of carboxylic acid groups (broad SMARTS) is 1. The number of hydrogen-bond acceptors (Lipinski definition) is 8. The zero-order valence-electron chi connectivity index (χ0n) is 21.6. The number of rotatable bonds is 15. The average molecular weight is 549 g/mol. The molecule has 0 aliphatic carbocycles. The van der Waals surface area contributed by atoms with E-state index >= 15 is 0 Å². The number of amides is 3. The number of nitrogens with zero attached hydrogens (tertiary/aromatic N) is 1. The zero-order chi connectivity index (χ0) is 28.2. The molecule has 3 amide bonds. The third-order valence-electron chi connectivity index (χ3n) is 5.82. The fraction of sp³-hybridized carbons (Fsp3) is 0.480. The van der Waals surface area contributed by atoms with Gasteiger partial charge in [0.15, 0.2) is 0 Å². The molecule has 0 bridgehead atoms. The number of carboxylic acids is 1. The molecule has 4 atom stereocenters. The topological polar surface area (TPSA) is 200 Å². The van der Waals surface area contributed by atoms with Crippen LogP contribution in [0.2, 0.25) is 0 Å². The van der Waals surface area contributed by atoms with Crippen LogP contribution >= 0.6 is 11.8 Å². The lowest BCUT2D eigenvalue weighted by molar-refractivity contribution is -0.142. The number of thioether (sulfide) groups is 1. The number of aromatic amines is 1. The van der Waals surface area contributed by atoms with E-state index in [0.717, 1.165) is 0 Å². The molecule has 0 aliphatic heterocycles. The lowest BCUT2D eigenvalue weighted by Gasteiger charge is -2.27. The standard InChI is InChI=1S/C25H36N6O6S/c1-14(2)21(24(35)30-20(25(36)37)11-16-12-27-13-28-16)31-23(34)19(10-15-4-6-17(32)7-5-15)29-22(33)18(26)8-9-38-3/h4-7,12-14,18-21,32H,8-11,26H2,1-3H3,(H,27,28)(H,29,33)(H,30,35)(H,31,34)(H,36,37). The predicted molar refractivity (Wildman–Crippen MR) is 143 cm³/mol. The molecule has 0 fully saturated rings. The Kier molecular flexibility index (Phi) is 12.1. The van der Waals surface area contributed by atoms with E-state index in [1.807, 2.05) is 6.26 Å². The number of aromatic hydroxyl groups is 1. The summed E-state index contributed by atoms with van der Waals surface area (Å²) in [5.41, 5.74) is 7.17. The molecule has 38 heavy (non-hydrogen) atoms. The van der Waals surface area contributed by atoms with Gasteiger partial charge in [-0.1, -0.05) is 26.0 Å². The summed E-state index contributed by atoms with van der Waals surface area (Å²) in [5.74, 6) is -2.72. The fourth-order valence-electron chi connectivity index (χ4n) is 3.60. The van der Waals surface area contributed by atoms with E-state index in [-0.39, 0.29) is 18.6 Å². The molecule has 0 saturated heterocycles. The SMILES string of the molecule is CSCCC(N)C(=O)NC(Cc1ccc(O)cc1)C(=O)NC(C(=O)NC(Cc1cnc[nH]1)C(=O)O)C(C)C. The first kappa shape index (κ1) is 30.6. The highest BCUT2D eigenvalue weighted by atomic mass is 32.2. The van der Waals surface area contributed by atoms with Gasteiger partial charge in [-0.15, -0.1) is 0 Å². The van der Waals surface area contributed by atoms with E-state index in [4.69, 9.17) is 5.73 Å². The maximum Gasteiger partial charge on any atom is 0.326 e. The number of hydrogen-bond donors (Lipinski definition) is 7. The Bertz CT molecular complexity index is 1060. The number of nitrogens with two attached hydrogens (primary N) is 1. The third-order valence-corrected chi connectivity index (χ3v) is 6.46. The minimum Gasteiger partial charge on any atom is -0.508 e. The molecule has 2 aromatic rings. The number of nitrogens with one attached hydrogen (secondary N) is 4. The largest absolute Gasteiger partial charge is 0.508 e. The monoisotopic (exact) mass is 548 g/mol. The van der Waals surface area contributed by atoms with Crippen LogP contribution in [0.3, 0.4) is 0 Å². The summed E-state index contributed by atoms with van der Waals surface area (Å²) in [7, 11) is 0. The quantitative estimate of drug-likeness (QED) is 0.162. The average Bonchev–Trinajstić information content (AvgIpc) is 3.38. The van der Waals surface area contributed by atoms with E-state index in [0.29, 0.717) is 23.4 Å². The number of carbonyl (C=O) groups is 4. The summed E-state index contributed by atoms with van der Waals surface area (Å²) >= 11 is 1.54. The van der Waals surface area contributed by atoms with Crippen LogP contribution in [0.5, 0.6) is 5.75 Å². The van der Waals surface area contributed by atoms with E-state index in [1.54, 1.807) is 37.7 Å². The van der Waals surface area contributed by atoms with Crippen molar-refractivity contribution in [2.45, 2.75) is 57.3 Å². The Morgan fingerprint density at radius 1 is 1.00 bits per heavy atom. The Morgan fingerprint density at radius 3 is 2.21 bits per heavy atom. The first-order valence-electron chi connectivity index (χ1n) is 12.1. The predicted octanol–water partition coefficient (Wildman–Crippen LogP) is 0.176. The molecule has 13 heteroatoms. The molecule has 0 saturated carbocycles. The molecular weight excluding hydrogens is 512 g/mol. The van der Waals surface area contributed by atoms with E-state index in [9.17, 15) is 29.4 Å². The third kappa shape index (κ3) is 9.71. The molecule has 8 N–H and O–H groups in total. The van der Waals surface area contributed by atoms with Crippen molar-refractivity contribution in [2.24, 2.45) is 11.7 Å². The van der Waals surface area contributed by atoms with E-state index in [1.165, 1.54) is 24.7 Å². The van der Waals surface area contributed by atoms with Crippen molar-refractivity contribution in [1.29, 1.82) is 0 Å². The van der Waals surface area contributed by atoms with Crippen LogP contribution in [-0.4, -0.2) is 80.0 Å². The van der Waals surface area contributed by atoms with Crippen LogP contribution in [0, 0.1) is 5.92 Å². The molecular formula is C25H36N6O6S. The van der Waals surface area contributed by atoms with E-state index < -0.39 is 53.8 Å². The molecule has 1 aromatic carbocycles. The Balaban J connectivity index is 2.18. The van der Waals surface area contributed by atoms with Crippen molar-refractivity contribution < 1.29 is 29.4 Å². The smallest absolute Gasteiger partial charge is 0.326 e. The van der Waals surface area contributed by atoms with Gasteiger partial charge in [0.25, 0.3) is 0 Å². The van der Waals surface area contributed by atoms with Crippen LogP contribution in [0.4, 0.5) is 0 Å². The summed E-state index contributed by atoms with van der Waals surface area (Å²) in [6, 6.07) is 1.96. The molecule has 4 unspecified atom stereocenters. The van der Waals surface area contributed by atoms with Gasteiger partial charge in [0.2, 0.25) is 17.7 Å². The van der Waals surface area contributed by atoms with Crippen LogP contribution in [0.1, 0.15) is 31.5 Å². The summed E-state index contributed by atoms with van der Waals surface area (Å²) < 4.78 is 0. The molecule has 0 aliphatic rings. The maximum absolute atomic E-state index is 13.4. The number of phenolic OH excluding ortho intramolecular Hbond substituents is 1. The number of imidazole rings is 1. The number of carbonyl (C=O) groups excluding carboxylic acids is 3. The minimum atomic E-state index is -1.25. The minimum absolute atomic E-state index is 0.0205. The molecule has 1 heterocycles. The fourth-order valence-corrected chi connectivity index (χ4v) is 4.09. The second-order valence-corrected chi connectivity index (χ2v) is 10.2. The summed E-state index contributed by atoms with van der Waals surface area (Å²) in [6.45, 7) is 3.42. The van der Waals surface area contributed by atoms with Gasteiger partial charge < -0.3 is 36.9 Å². The Morgan fingerprint density at radius 2 is 1.66 bits per heavy atom. The van der Waals surface area contributed by atoms with Crippen LogP contribution in [0.15, 0.2) is 36.8 Å². The number of H-pyrrole nitrogens is 1. The summed E-state index contributed by atoms with van der Waals surface area (Å²) in [5, 5.41) is 27.0. The van der Waals surface area contributed by atoms with Gasteiger partial charge in [-0.25, -0.2) is 9.78 Å². The highest BCUT2D eigenvalue weighted by Gasteiger charge is 2.32. The molecule has 0 spiro atoms. The number of aliphatic carboxylic acids is 1. The van der Waals surface area contributed by atoms with Crippen molar-refractivity contribution in [2.75, 3.05) is 12.0 Å². The van der Waals surface area contributed by atoms with Gasteiger partial charge in [-0.2, -0.15) is 11.8 Å². The lowest BCUT2D eigenvalue weighted by atomic mass is 10.00. The zero-order valence-corrected chi connectivity index (χ0v) is 22.5. The normalized spacial score (nSPS) is 14.2.